The largest absolute Gasteiger partial charge is 0.384 e. The minimum atomic E-state index is -0.409. The van der Waals surface area contributed by atoms with Crippen LogP contribution in [0.25, 0.3) is 0 Å². The lowest BCUT2D eigenvalue weighted by Gasteiger charge is -2.29. The van der Waals surface area contributed by atoms with Gasteiger partial charge in [0.1, 0.15) is 0 Å². The molecular weight excluding hydrogens is 204 g/mol. The van der Waals surface area contributed by atoms with Crippen LogP contribution in [0, 0.1) is 11.3 Å². The molecule has 0 aromatic heterocycles. The molecule has 4 nitrogen and oxygen atoms in total. The summed E-state index contributed by atoms with van der Waals surface area (Å²) in [5.41, 5.74) is 5.80. The lowest BCUT2D eigenvalue weighted by molar-refractivity contribution is -0.134. The van der Waals surface area contributed by atoms with E-state index in [1.807, 2.05) is 25.7 Å². The van der Waals surface area contributed by atoms with Crippen molar-refractivity contribution in [3.63, 3.8) is 0 Å². The third kappa shape index (κ3) is 3.19. The first kappa shape index (κ1) is 13.5. The lowest BCUT2D eigenvalue weighted by atomic mass is 9.86. The van der Waals surface area contributed by atoms with Gasteiger partial charge in [-0.25, -0.2) is 0 Å². The molecule has 4 heteroatoms. The van der Waals surface area contributed by atoms with Gasteiger partial charge in [0, 0.05) is 26.1 Å². The molecule has 1 amide bonds. The van der Waals surface area contributed by atoms with Gasteiger partial charge in [-0.05, 0) is 11.8 Å². The number of carbonyl (C=O) groups excluding carboxylic acids is 1. The molecule has 2 N–H and O–H groups in total. The number of hydrogen-bond acceptors (Lipinski definition) is 3. The summed E-state index contributed by atoms with van der Waals surface area (Å²) in [7, 11) is 1.70. The van der Waals surface area contributed by atoms with Gasteiger partial charge in [0.2, 0.25) is 5.91 Å². The average Bonchev–Trinajstić information content (AvgIpc) is 2.63. The molecule has 1 saturated heterocycles. The first-order chi connectivity index (χ1) is 7.36. The topological polar surface area (TPSA) is 55.6 Å². The molecule has 1 aliphatic heterocycles. The average molecular weight is 228 g/mol. The first-order valence-corrected chi connectivity index (χ1v) is 5.89. The monoisotopic (exact) mass is 228 g/mol. The normalized spacial score (nSPS) is 23.6. The molecule has 0 radical (unpaired) electrons. The zero-order chi connectivity index (χ0) is 12.3. The Balaban J connectivity index is 2.51. The highest BCUT2D eigenvalue weighted by molar-refractivity contribution is 5.82. The van der Waals surface area contributed by atoms with Gasteiger partial charge < -0.3 is 15.4 Å². The summed E-state index contributed by atoms with van der Waals surface area (Å²) >= 11 is 0. The highest BCUT2D eigenvalue weighted by Crippen LogP contribution is 2.23. The fourth-order valence-corrected chi connectivity index (χ4v) is 1.97. The van der Waals surface area contributed by atoms with E-state index in [4.69, 9.17) is 10.5 Å². The van der Waals surface area contributed by atoms with Crippen molar-refractivity contribution in [1.29, 1.82) is 0 Å². The number of nitrogens with zero attached hydrogens (tertiary/aromatic N) is 1. The summed E-state index contributed by atoms with van der Waals surface area (Å²) in [5.74, 6) is 0.548. The maximum atomic E-state index is 12.1. The van der Waals surface area contributed by atoms with Crippen LogP contribution in [0.15, 0.2) is 0 Å². The van der Waals surface area contributed by atoms with Gasteiger partial charge in [0.25, 0.3) is 0 Å². The van der Waals surface area contributed by atoms with Crippen molar-refractivity contribution < 1.29 is 9.53 Å². The summed E-state index contributed by atoms with van der Waals surface area (Å²) in [4.78, 5) is 14.0. The van der Waals surface area contributed by atoms with E-state index in [9.17, 15) is 4.79 Å². The van der Waals surface area contributed by atoms with E-state index in [-0.39, 0.29) is 11.3 Å². The van der Waals surface area contributed by atoms with Crippen LogP contribution in [0.4, 0.5) is 0 Å². The Labute approximate surface area is 98.1 Å². The van der Waals surface area contributed by atoms with Crippen molar-refractivity contribution in [2.75, 3.05) is 26.8 Å². The molecule has 0 bridgehead atoms. The van der Waals surface area contributed by atoms with Crippen molar-refractivity contribution in [2.45, 2.75) is 33.2 Å². The quantitative estimate of drug-likeness (QED) is 0.779. The summed E-state index contributed by atoms with van der Waals surface area (Å²) < 4.78 is 5.11. The van der Waals surface area contributed by atoms with E-state index < -0.39 is 6.04 Å². The third-order valence-electron chi connectivity index (χ3n) is 3.20. The van der Waals surface area contributed by atoms with Crippen LogP contribution in [-0.4, -0.2) is 43.7 Å². The van der Waals surface area contributed by atoms with E-state index in [0.717, 1.165) is 26.1 Å². The molecule has 1 aliphatic rings. The highest BCUT2D eigenvalue weighted by atomic mass is 16.5. The first-order valence-electron chi connectivity index (χ1n) is 5.89. The molecular formula is C12H24N2O2. The number of likely N-dealkylation sites (tertiary alicyclic amines) is 1. The molecule has 16 heavy (non-hydrogen) atoms. The summed E-state index contributed by atoms with van der Waals surface area (Å²) in [5, 5.41) is 0. The Morgan fingerprint density at radius 3 is 2.69 bits per heavy atom. The zero-order valence-corrected chi connectivity index (χ0v) is 10.8. The van der Waals surface area contributed by atoms with Gasteiger partial charge in [-0.2, -0.15) is 0 Å². The van der Waals surface area contributed by atoms with Gasteiger partial charge in [-0.15, -0.1) is 0 Å². The van der Waals surface area contributed by atoms with Crippen molar-refractivity contribution >= 4 is 5.91 Å². The van der Waals surface area contributed by atoms with Crippen molar-refractivity contribution in [3.05, 3.63) is 0 Å². The van der Waals surface area contributed by atoms with Crippen LogP contribution in [0.3, 0.4) is 0 Å². The van der Waals surface area contributed by atoms with E-state index in [1.165, 1.54) is 0 Å². The molecule has 0 saturated carbocycles. The second kappa shape index (κ2) is 5.15. The van der Waals surface area contributed by atoms with E-state index in [0.29, 0.717) is 5.92 Å². The fraction of sp³-hybridized carbons (Fsp3) is 0.917. The number of nitrogens with two attached hydrogens (primary N) is 1. The van der Waals surface area contributed by atoms with Gasteiger partial charge in [0.05, 0.1) is 12.6 Å². The summed E-state index contributed by atoms with van der Waals surface area (Å²) in [6.07, 6.45) is 1.02. The second-order valence-corrected chi connectivity index (χ2v) is 5.74. The van der Waals surface area contributed by atoms with Crippen LogP contribution in [0.5, 0.6) is 0 Å². The van der Waals surface area contributed by atoms with Crippen LogP contribution in [-0.2, 0) is 9.53 Å². The molecule has 2 atom stereocenters. The molecule has 94 valence electrons. The van der Waals surface area contributed by atoms with Gasteiger partial charge in [0.15, 0.2) is 0 Å². The van der Waals surface area contributed by atoms with Crippen molar-refractivity contribution in [1.82, 2.24) is 4.90 Å². The zero-order valence-electron chi connectivity index (χ0n) is 10.8. The van der Waals surface area contributed by atoms with Crippen LogP contribution in [0.2, 0.25) is 0 Å². The third-order valence-corrected chi connectivity index (χ3v) is 3.20. The highest BCUT2D eigenvalue weighted by Gasteiger charge is 2.34. The summed E-state index contributed by atoms with van der Waals surface area (Å²) in [6.45, 7) is 8.33. The predicted molar refractivity (Wildman–Crippen MR) is 64.0 cm³/mol. The number of hydrogen-bond donors (Lipinski definition) is 1. The smallest absolute Gasteiger partial charge is 0.240 e. The molecule has 1 heterocycles. The predicted octanol–water partition coefficient (Wildman–Crippen LogP) is 0.855. The molecule has 1 fully saturated rings. The fourth-order valence-electron chi connectivity index (χ4n) is 1.97. The van der Waals surface area contributed by atoms with Gasteiger partial charge in [-0.1, -0.05) is 20.8 Å². The van der Waals surface area contributed by atoms with E-state index >= 15 is 0 Å². The number of amides is 1. The standard InChI is InChI=1S/C12H24N2O2/c1-12(2,3)10(13)11(15)14-6-5-9(7-14)8-16-4/h9-10H,5-8,13H2,1-4H3/t9?,10-/m0/s1. The second-order valence-electron chi connectivity index (χ2n) is 5.74. The Bertz CT molecular complexity index is 248. The molecule has 1 unspecified atom stereocenters. The number of methoxy groups -OCH3 is 1. The Hall–Kier alpha value is -0.610. The molecule has 0 aromatic rings. The van der Waals surface area contributed by atoms with Gasteiger partial charge in [-0.3, -0.25) is 4.79 Å². The number of rotatable bonds is 3. The Morgan fingerprint density at radius 2 is 2.19 bits per heavy atom. The van der Waals surface area contributed by atoms with Crippen molar-refractivity contribution in [2.24, 2.45) is 17.1 Å². The molecule has 0 aromatic carbocycles. The van der Waals surface area contributed by atoms with Crippen LogP contribution < -0.4 is 5.73 Å². The number of carbonyl (C=O) groups is 1. The van der Waals surface area contributed by atoms with Gasteiger partial charge >= 0.3 is 0 Å². The maximum absolute atomic E-state index is 12.1. The Morgan fingerprint density at radius 1 is 1.56 bits per heavy atom. The number of ether oxygens (including phenoxy) is 1. The van der Waals surface area contributed by atoms with Crippen molar-refractivity contribution in [3.8, 4) is 0 Å². The maximum Gasteiger partial charge on any atom is 0.240 e. The van der Waals surface area contributed by atoms with Crippen LogP contribution >= 0.6 is 0 Å². The minimum absolute atomic E-state index is 0.0751. The SMILES string of the molecule is COCC1CCN(C(=O)[C@H](N)C(C)(C)C)C1. The molecule has 0 aliphatic carbocycles. The Kier molecular flexibility index (Phi) is 4.33. The summed E-state index contributed by atoms with van der Waals surface area (Å²) in [6, 6.07) is -0.409. The van der Waals surface area contributed by atoms with Crippen LogP contribution in [0.1, 0.15) is 27.2 Å². The molecule has 0 spiro atoms. The van der Waals surface area contributed by atoms with E-state index in [1.54, 1.807) is 7.11 Å². The van der Waals surface area contributed by atoms with E-state index in [2.05, 4.69) is 0 Å². The molecule has 1 rings (SSSR count). The minimum Gasteiger partial charge on any atom is -0.384 e. The lowest BCUT2D eigenvalue weighted by Crippen LogP contribution is -2.49.